The molecule has 0 radical (unpaired) electrons. The zero-order valence-electron chi connectivity index (χ0n) is 21.5. The number of hydrogen-bond acceptors (Lipinski definition) is 4. The molecule has 0 bridgehead atoms. The van der Waals surface area contributed by atoms with Gasteiger partial charge in [0, 0.05) is 0 Å². The summed E-state index contributed by atoms with van der Waals surface area (Å²) in [6.45, 7) is 5.18. The van der Waals surface area contributed by atoms with Crippen LogP contribution in [0.15, 0.2) is 121 Å². The van der Waals surface area contributed by atoms with Crippen molar-refractivity contribution in [1.82, 2.24) is 0 Å². The third-order valence-electron chi connectivity index (χ3n) is 6.19. The van der Waals surface area contributed by atoms with E-state index in [4.69, 9.17) is 18.9 Å². The molecule has 4 aromatic rings. The fourth-order valence-corrected chi connectivity index (χ4v) is 4.35. The van der Waals surface area contributed by atoms with Gasteiger partial charge in [-0.15, -0.1) is 0 Å². The van der Waals surface area contributed by atoms with Crippen LogP contribution in [-0.4, -0.2) is 39.1 Å². The Bertz CT molecular complexity index is 1040. The molecule has 1 atom stereocenters. The van der Waals surface area contributed by atoms with Crippen molar-refractivity contribution in [3.05, 3.63) is 144 Å². The van der Waals surface area contributed by atoms with Crippen molar-refractivity contribution in [2.24, 2.45) is 0 Å². The van der Waals surface area contributed by atoms with Gasteiger partial charge in [0.25, 0.3) is 0 Å². The molecule has 0 aliphatic carbocycles. The van der Waals surface area contributed by atoms with Gasteiger partial charge >= 0.3 is 0 Å². The average molecular weight is 497 g/mol. The van der Waals surface area contributed by atoms with Gasteiger partial charge < -0.3 is 18.9 Å². The normalized spacial score (nSPS) is 12.4. The Morgan fingerprint density at radius 1 is 0.541 bits per heavy atom. The first-order chi connectivity index (χ1) is 18.3. The Hall–Kier alpha value is -3.28. The lowest BCUT2D eigenvalue weighted by Crippen LogP contribution is -2.36. The zero-order chi connectivity index (χ0) is 25.6. The molecule has 0 aliphatic heterocycles. The van der Waals surface area contributed by atoms with Gasteiger partial charge in [-0.1, -0.05) is 121 Å². The van der Waals surface area contributed by atoms with Gasteiger partial charge in [0.1, 0.15) is 5.60 Å². The largest absolute Gasteiger partial charge is 0.377 e. The molecule has 4 rings (SSSR count). The summed E-state index contributed by atoms with van der Waals surface area (Å²) in [5.41, 5.74) is 3.67. The first-order valence-electron chi connectivity index (χ1n) is 12.9. The molecule has 192 valence electrons. The van der Waals surface area contributed by atoms with Crippen LogP contribution in [0.3, 0.4) is 0 Å². The molecule has 4 aromatic carbocycles. The predicted octanol–water partition coefficient (Wildman–Crippen LogP) is 6.63. The Labute approximate surface area is 220 Å². The Kier molecular flexibility index (Phi) is 10.5. The topological polar surface area (TPSA) is 36.9 Å². The highest BCUT2D eigenvalue weighted by Gasteiger charge is 2.37. The minimum absolute atomic E-state index is 0.103. The van der Waals surface area contributed by atoms with Gasteiger partial charge in [-0.25, -0.2) is 0 Å². The minimum Gasteiger partial charge on any atom is -0.377 e. The summed E-state index contributed by atoms with van der Waals surface area (Å²) in [6.07, 6.45) is -0.103. The lowest BCUT2D eigenvalue weighted by molar-refractivity contribution is -0.0706. The molecule has 0 fully saturated rings. The van der Waals surface area contributed by atoms with Crippen LogP contribution in [0.2, 0.25) is 0 Å². The molecule has 1 unspecified atom stereocenters. The van der Waals surface area contributed by atoms with Crippen molar-refractivity contribution >= 4 is 0 Å². The van der Waals surface area contributed by atoms with Crippen LogP contribution in [0.4, 0.5) is 0 Å². The van der Waals surface area contributed by atoms with Crippen LogP contribution in [0.5, 0.6) is 0 Å². The number of rotatable bonds is 15. The van der Waals surface area contributed by atoms with Crippen LogP contribution in [0.25, 0.3) is 0 Å². The highest BCUT2D eigenvalue weighted by Crippen LogP contribution is 2.40. The number of ether oxygens (including phenoxy) is 4. The van der Waals surface area contributed by atoms with E-state index in [1.807, 2.05) is 43.3 Å². The van der Waals surface area contributed by atoms with Crippen molar-refractivity contribution in [1.29, 1.82) is 0 Å². The van der Waals surface area contributed by atoms with Gasteiger partial charge in [-0.05, 0) is 29.2 Å². The fourth-order valence-electron chi connectivity index (χ4n) is 4.35. The standard InChI is InChI=1S/C33H36O4/c1-28(36-25-24-34-22-23-35-27-29-14-6-2-7-15-29)26-37-33(30-16-8-3-9-17-30,31-18-10-4-11-19-31)32-20-12-5-13-21-32/h2-21,28H,22-27H2,1H3. The highest BCUT2D eigenvalue weighted by molar-refractivity contribution is 5.47. The molecule has 0 aromatic heterocycles. The van der Waals surface area contributed by atoms with E-state index in [0.717, 1.165) is 22.3 Å². The number of benzene rings is 4. The van der Waals surface area contributed by atoms with Gasteiger partial charge in [-0.3, -0.25) is 0 Å². The Morgan fingerprint density at radius 3 is 1.49 bits per heavy atom. The summed E-state index contributed by atoms with van der Waals surface area (Å²) in [6, 6.07) is 41.3. The van der Waals surface area contributed by atoms with Crippen LogP contribution in [0.1, 0.15) is 29.2 Å². The highest BCUT2D eigenvalue weighted by atomic mass is 16.6. The number of hydrogen-bond donors (Lipinski definition) is 0. The van der Waals surface area contributed by atoms with Crippen LogP contribution >= 0.6 is 0 Å². The molecule has 0 aliphatic rings. The van der Waals surface area contributed by atoms with Crippen LogP contribution < -0.4 is 0 Å². The van der Waals surface area contributed by atoms with Crippen molar-refractivity contribution < 1.29 is 18.9 Å². The van der Waals surface area contributed by atoms with Gasteiger partial charge in [0.05, 0.1) is 45.7 Å². The quantitative estimate of drug-likeness (QED) is 0.137. The fraction of sp³-hybridized carbons (Fsp3) is 0.273. The molecular weight excluding hydrogens is 460 g/mol. The maximum absolute atomic E-state index is 6.82. The lowest BCUT2D eigenvalue weighted by Gasteiger charge is -2.36. The molecule has 0 saturated heterocycles. The van der Waals surface area contributed by atoms with E-state index < -0.39 is 5.60 Å². The maximum Gasteiger partial charge on any atom is 0.143 e. The summed E-state index contributed by atoms with van der Waals surface area (Å²) in [4.78, 5) is 0. The maximum atomic E-state index is 6.82. The summed E-state index contributed by atoms with van der Waals surface area (Å²) in [5, 5.41) is 0. The Balaban J connectivity index is 1.31. The summed E-state index contributed by atoms with van der Waals surface area (Å²) in [5.74, 6) is 0. The third kappa shape index (κ3) is 7.61. The van der Waals surface area contributed by atoms with E-state index in [2.05, 4.69) is 84.9 Å². The van der Waals surface area contributed by atoms with E-state index in [1.165, 1.54) is 0 Å². The second-order valence-electron chi connectivity index (χ2n) is 8.92. The van der Waals surface area contributed by atoms with E-state index in [1.54, 1.807) is 0 Å². The van der Waals surface area contributed by atoms with Gasteiger partial charge in [0.2, 0.25) is 0 Å². The average Bonchev–Trinajstić information content (AvgIpc) is 2.97. The molecule has 37 heavy (non-hydrogen) atoms. The zero-order valence-corrected chi connectivity index (χ0v) is 21.5. The van der Waals surface area contributed by atoms with Crippen molar-refractivity contribution in [3.8, 4) is 0 Å². The minimum atomic E-state index is -0.742. The molecule has 0 saturated carbocycles. The van der Waals surface area contributed by atoms with Crippen LogP contribution in [0, 0.1) is 0 Å². The summed E-state index contributed by atoms with van der Waals surface area (Å²) in [7, 11) is 0. The van der Waals surface area contributed by atoms with Crippen molar-refractivity contribution in [3.63, 3.8) is 0 Å². The predicted molar refractivity (Wildman–Crippen MR) is 147 cm³/mol. The molecule has 4 nitrogen and oxygen atoms in total. The lowest BCUT2D eigenvalue weighted by atomic mass is 9.80. The SMILES string of the molecule is CC(COC(c1ccccc1)(c1ccccc1)c1ccccc1)OCCOCCOCc1ccccc1. The Morgan fingerprint density at radius 2 is 0.973 bits per heavy atom. The van der Waals surface area contributed by atoms with E-state index in [0.29, 0.717) is 39.6 Å². The molecule has 0 heterocycles. The monoisotopic (exact) mass is 496 g/mol. The molecule has 0 spiro atoms. The smallest absolute Gasteiger partial charge is 0.143 e. The molecule has 4 heteroatoms. The van der Waals surface area contributed by atoms with E-state index in [9.17, 15) is 0 Å². The third-order valence-corrected chi connectivity index (χ3v) is 6.19. The van der Waals surface area contributed by atoms with E-state index in [-0.39, 0.29) is 6.10 Å². The second-order valence-corrected chi connectivity index (χ2v) is 8.92. The second kappa shape index (κ2) is 14.5. The summed E-state index contributed by atoms with van der Waals surface area (Å²) >= 11 is 0. The van der Waals surface area contributed by atoms with Crippen LogP contribution in [-0.2, 0) is 31.2 Å². The summed E-state index contributed by atoms with van der Waals surface area (Å²) < 4.78 is 24.2. The first kappa shape index (κ1) is 26.8. The molecule has 0 amide bonds. The van der Waals surface area contributed by atoms with Gasteiger partial charge in [0.15, 0.2) is 0 Å². The molecular formula is C33H36O4. The first-order valence-corrected chi connectivity index (χ1v) is 12.9. The molecule has 0 N–H and O–H groups in total. The van der Waals surface area contributed by atoms with Crippen molar-refractivity contribution in [2.45, 2.75) is 25.2 Å². The van der Waals surface area contributed by atoms with Gasteiger partial charge in [-0.2, -0.15) is 0 Å². The van der Waals surface area contributed by atoms with E-state index >= 15 is 0 Å². The van der Waals surface area contributed by atoms with Crippen molar-refractivity contribution in [2.75, 3.05) is 33.0 Å².